The van der Waals surface area contributed by atoms with Crippen molar-refractivity contribution in [3.63, 3.8) is 0 Å². The molecule has 1 aromatic rings. The molecule has 0 heterocycles. The summed E-state index contributed by atoms with van der Waals surface area (Å²) in [6, 6.07) is 8.06. The molecule has 1 aliphatic carbocycles. The van der Waals surface area contributed by atoms with E-state index in [1.54, 1.807) is 35.8 Å². The molecule has 0 radical (unpaired) electrons. The Morgan fingerprint density at radius 2 is 1.86 bits per heavy atom. The maximum Gasteiger partial charge on any atom is 0.120 e. The molecule has 4 heteroatoms. The zero-order valence-electron chi connectivity index (χ0n) is 13.0. The minimum absolute atomic E-state index is 0.848. The highest BCUT2D eigenvalue weighted by Gasteiger charge is 2.04. The summed E-state index contributed by atoms with van der Waals surface area (Å²) >= 11 is 0. The average molecular weight is 322 g/mol. The molecular weight excluding hydrogens is 300 g/mol. The first-order valence-electron chi connectivity index (χ1n) is 6.92. The molecule has 114 valence electrons. The molecule has 1 aliphatic rings. The first kappa shape index (κ1) is 17.8. The SMILES string of the molecule is CC.COC1=CC(SSc2cccc(OC)c2)=CC=CC1. The number of ether oxygens (including phenoxy) is 2. The zero-order chi connectivity index (χ0) is 15.5. The number of hydrogen-bond acceptors (Lipinski definition) is 4. The minimum Gasteiger partial charge on any atom is -0.501 e. The Balaban J connectivity index is 0.00000106. The molecule has 0 amide bonds. The summed E-state index contributed by atoms with van der Waals surface area (Å²) < 4.78 is 10.5. The number of benzene rings is 1. The molecular formula is C17H22O2S2. The van der Waals surface area contributed by atoms with Crippen molar-refractivity contribution in [1.29, 1.82) is 0 Å². The summed E-state index contributed by atoms with van der Waals surface area (Å²) in [7, 11) is 6.82. The molecule has 0 saturated carbocycles. The van der Waals surface area contributed by atoms with Gasteiger partial charge in [0.05, 0.1) is 14.2 Å². The Bertz CT molecular complexity index is 519. The molecule has 1 aromatic carbocycles. The fraction of sp³-hybridized carbons (Fsp3) is 0.294. The van der Waals surface area contributed by atoms with E-state index >= 15 is 0 Å². The van der Waals surface area contributed by atoms with Gasteiger partial charge in [0.2, 0.25) is 0 Å². The molecule has 2 nitrogen and oxygen atoms in total. The Morgan fingerprint density at radius 1 is 1.05 bits per heavy atom. The van der Waals surface area contributed by atoms with E-state index in [1.807, 2.05) is 32.0 Å². The smallest absolute Gasteiger partial charge is 0.120 e. The van der Waals surface area contributed by atoms with Gasteiger partial charge in [0.15, 0.2) is 0 Å². The van der Waals surface area contributed by atoms with Crippen LogP contribution in [0.3, 0.4) is 0 Å². The van der Waals surface area contributed by atoms with Crippen LogP contribution in [0.25, 0.3) is 0 Å². The van der Waals surface area contributed by atoms with E-state index in [2.05, 4.69) is 30.4 Å². The van der Waals surface area contributed by atoms with Crippen LogP contribution >= 0.6 is 21.6 Å². The van der Waals surface area contributed by atoms with Crippen LogP contribution in [-0.2, 0) is 4.74 Å². The van der Waals surface area contributed by atoms with Crippen molar-refractivity contribution in [2.45, 2.75) is 25.2 Å². The van der Waals surface area contributed by atoms with Gasteiger partial charge in [-0.1, -0.05) is 53.7 Å². The Hall–Kier alpha value is -1.26. The van der Waals surface area contributed by atoms with Crippen LogP contribution in [0, 0.1) is 0 Å². The Kier molecular flexibility index (Phi) is 8.87. The molecule has 0 atom stereocenters. The molecule has 0 unspecified atom stereocenters. The number of rotatable bonds is 5. The molecule has 0 aliphatic heterocycles. The Labute approximate surface area is 135 Å². The van der Waals surface area contributed by atoms with E-state index in [9.17, 15) is 0 Å². The lowest BCUT2D eigenvalue weighted by molar-refractivity contribution is 0.285. The van der Waals surface area contributed by atoms with Gasteiger partial charge in [-0.25, -0.2) is 0 Å². The minimum atomic E-state index is 0.848. The first-order valence-corrected chi connectivity index (χ1v) is 9.07. The van der Waals surface area contributed by atoms with Gasteiger partial charge >= 0.3 is 0 Å². The van der Waals surface area contributed by atoms with Crippen molar-refractivity contribution >= 4 is 21.6 Å². The summed E-state index contributed by atoms with van der Waals surface area (Å²) in [6.45, 7) is 4.00. The first-order chi connectivity index (χ1) is 10.3. The van der Waals surface area contributed by atoms with E-state index in [-0.39, 0.29) is 0 Å². The summed E-state index contributed by atoms with van der Waals surface area (Å²) in [5.74, 6) is 1.87. The van der Waals surface area contributed by atoms with Gasteiger partial charge in [0.25, 0.3) is 0 Å². The topological polar surface area (TPSA) is 18.5 Å². The molecule has 0 N–H and O–H groups in total. The van der Waals surface area contributed by atoms with E-state index in [0.29, 0.717) is 0 Å². The second-order valence-corrected chi connectivity index (χ2v) is 6.14. The van der Waals surface area contributed by atoms with Crippen LogP contribution in [-0.4, -0.2) is 14.2 Å². The summed E-state index contributed by atoms with van der Waals surface area (Å²) in [5.41, 5.74) is 0. The zero-order valence-corrected chi connectivity index (χ0v) is 14.6. The van der Waals surface area contributed by atoms with Crippen LogP contribution < -0.4 is 4.74 Å². The maximum atomic E-state index is 5.32. The Morgan fingerprint density at radius 3 is 2.57 bits per heavy atom. The highest BCUT2D eigenvalue weighted by atomic mass is 33.1. The van der Waals surface area contributed by atoms with Crippen molar-refractivity contribution in [1.82, 2.24) is 0 Å². The van der Waals surface area contributed by atoms with Gasteiger partial charge in [0.1, 0.15) is 11.5 Å². The van der Waals surface area contributed by atoms with E-state index in [4.69, 9.17) is 9.47 Å². The molecule has 0 saturated heterocycles. The third kappa shape index (κ3) is 6.36. The highest BCUT2D eigenvalue weighted by molar-refractivity contribution is 8.78. The molecule has 21 heavy (non-hydrogen) atoms. The maximum absolute atomic E-state index is 5.32. The monoisotopic (exact) mass is 322 g/mol. The molecule has 0 aromatic heterocycles. The molecule has 2 rings (SSSR count). The molecule has 0 fully saturated rings. The van der Waals surface area contributed by atoms with E-state index in [0.717, 1.165) is 17.9 Å². The molecule has 0 spiro atoms. The lowest BCUT2D eigenvalue weighted by Crippen LogP contribution is -1.83. The third-order valence-electron chi connectivity index (χ3n) is 2.56. The van der Waals surface area contributed by atoms with Gasteiger partial charge in [-0.05, 0) is 30.4 Å². The van der Waals surface area contributed by atoms with Gasteiger partial charge < -0.3 is 9.47 Å². The second kappa shape index (κ2) is 10.5. The second-order valence-electron chi connectivity index (χ2n) is 3.86. The van der Waals surface area contributed by atoms with Crippen molar-refractivity contribution in [2.24, 2.45) is 0 Å². The highest BCUT2D eigenvalue weighted by Crippen LogP contribution is 2.39. The predicted molar refractivity (Wildman–Crippen MR) is 94.7 cm³/mol. The van der Waals surface area contributed by atoms with Crippen LogP contribution in [0.2, 0.25) is 0 Å². The van der Waals surface area contributed by atoms with Crippen LogP contribution in [0.4, 0.5) is 0 Å². The summed E-state index contributed by atoms with van der Waals surface area (Å²) in [5, 5.41) is 0. The molecule has 0 bridgehead atoms. The van der Waals surface area contributed by atoms with Gasteiger partial charge in [-0.3, -0.25) is 0 Å². The number of hydrogen-bond donors (Lipinski definition) is 0. The normalized spacial score (nSPS) is 13.3. The van der Waals surface area contributed by atoms with Gasteiger partial charge in [-0.15, -0.1) is 0 Å². The fourth-order valence-corrected chi connectivity index (χ4v) is 3.56. The lowest BCUT2D eigenvalue weighted by Gasteiger charge is -2.05. The van der Waals surface area contributed by atoms with Crippen molar-refractivity contribution < 1.29 is 9.47 Å². The van der Waals surface area contributed by atoms with Crippen molar-refractivity contribution in [3.8, 4) is 5.75 Å². The van der Waals surface area contributed by atoms with Gasteiger partial charge in [-0.2, -0.15) is 0 Å². The van der Waals surface area contributed by atoms with E-state index in [1.165, 1.54) is 9.80 Å². The number of methoxy groups -OCH3 is 2. The average Bonchev–Trinajstić information content (AvgIpc) is 2.80. The fourth-order valence-electron chi connectivity index (χ4n) is 1.56. The summed E-state index contributed by atoms with van der Waals surface area (Å²) in [4.78, 5) is 2.35. The van der Waals surface area contributed by atoms with Crippen LogP contribution in [0.5, 0.6) is 5.75 Å². The van der Waals surface area contributed by atoms with Crippen LogP contribution in [0.15, 0.2) is 64.1 Å². The third-order valence-corrected chi connectivity index (χ3v) is 4.94. The van der Waals surface area contributed by atoms with E-state index < -0.39 is 0 Å². The standard InChI is InChI=1S/C15H16O2S2.C2H6/c1-16-12-6-3-4-8-14(10-12)18-19-15-9-5-7-13(11-15)17-2;1-2/h3-5,7-11H,6H2,1-2H3;1-2H3. The van der Waals surface area contributed by atoms with Gasteiger partial charge in [0, 0.05) is 16.2 Å². The summed E-state index contributed by atoms with van der Waals surface area (Å²) in [6.07, 6.45) is 9.19. The lowest BCUT2D eigenvalue weighted by atomic mass is 10.3. The quantitative estimate of drug-likeness (QED) is 0.634. The van der Waals surface area contributed by atoms with Crippen molar-refractivity contribution in [3.05, 3.63) is 59.2 Å². The van der Waals surface area contributed by atoms with Crippen molar-refractivity contribution in [2.75, 3.05) is 14.2 Å². The largest absolute Gasteiger partial charge is 0.501 e. The number of allylic oxidation sites excluding steroid dienone is 4. The predicted octanol–water partition coefficient (Wildman–Crippen LogP) is 5.84. The van der Waals surface area contributed by atoms with Crippen LogP contribution in [0.1, 0.15) is 20.3 Å².